The Hall–Kier alpha value is -0.870. The van der Waals surface area contributed by atoms with Crippen molar-refractivity contribution in [3.8, 4) is 0 Å². The molecule has 0 spiro atoms. The molecule has 2 aromatic rings. The molecule has 2 heterocycles. The lowest BCUT2D eigenvalue weighted by Gasteiger charge is -2.28. The Balaban J connectivity index is 2.21. The first kappa shape index (κ1) is 13.6. The van der Waals surface area contributed by atoms with Gasteiger partial charge in [-0.25, -0.2) is 4.98 Å². The van der Waals surface area contributed by atoms with Gasteiger partial charge in [0.05, 0.1) is 11.4 Å². The van der Waals surface area contributed by atoms with Crippen molar-refractivity contribution in [1.82, 2.24) is 14.7 Å². The minimum absolute atomic E-state index is 0.279. The molecule has 0 saturated carbocycles. The van der Waals surface area contributed by atoms with Crippen molar-refractivity contribution < 1.29 is 0 Å². The number of thiazole rings is 1. The standard InChI is InChI=1S/C14H23N3S/c1-9-8-18-13-16-10(2)12(17(9)13)7-15-11(3)14(4,5)6/h8,11,15H,7H2,1-6H3. The van der Waals surface area contributed by atoms with Crippen LogP contribution in [0.1, 0.15) is 44.8 Å². The van der Waals surface area contributed by atoms with Crippen LogP contribution in [0, 0.1) is 19.3 Å². The third-order valence-corrected chi connectivity index (χ3v) is 4.65. The average molecular weight is 265 g/mol. The average Bonchev–Trinajstić information content (AvgIpc) is 2.74. The highest BCUT2D eigenvalue weighted by Crippen LogP contribution is 2.22. The minimum Gasteiger partial charge on any atom is -0.308 e. The van der Waals surface area contributed by atoms with Gasteiger partial charge in [-0.3, -0.25) is 4.40 Å². The summed E-state index contributed by atoms with van der Waals surface area (Å²) in [6, 6.07) is 0.474. The van der Waals surface area contributed by atoms with E-state index in [1.165, 1.54) is 11.4 Å². The van der Waals surface area contributed by atoms with Crippen molar-refractivity contribution >= 4 is 16.3 Å². The maximum absolute atomic E-state index is 4.62. The van der Waals surface area contributed by atoms with E-state index in [-0.39, 0.29) is 5.41 Å². The molecule has 0 radical (unpaired) electrons. The van der Waals surface area contributed by atoms with Crippen LogP contribution in [0.15, 0.2) is 5.38 Å². The fourth-order valence-corrected chi connectivity index (χ4v) is 2.86. The second-order valence-electron chi connectivity index (χ2n) is 6.11. The van der Waals surface area contributed by atoms with Gasteiger partial charge in [0.2, 0.25) is 0 Å². The third kappa shape index (κ3) is 2.45. The predicted octanol–water partition coefficient (Wildman–Crippen LogP) is 3.54. The van der Waals surface area contributed by atoms with E-state index >= 15 is 0 Å². The fourth-order valence-electron chi connectivity index (χ4n) is 1.93. The number of aryl methyl sites for hydroxylation is 2. The Labute approximate surface area is 113 Å². The summed E-state index contributed by atoms with van der Waals surface area (Å²) in [6.45, 7) is 14.1. The van der Waals surface area contributed by atoms with Crippen LogP contribution in [0.2, 0.25) is 0 Å². The zero-order valence-electron chi connectivity index (χ0n) is 12.2. The number of imidazole rings is 1. The summed E-state index contributed by atoms with van der Waals surface area (Å²) in [5.74, 6) is 0. The lowest BCUT2D eigenvalue weighted by atomic mass is 9.88. The zero-order chi connectivity index (χ0) is 13.5. The highest BCUT2D eigenvalue weighted by Gasteiger charge is 2.20. The Morgan fingerprint density at radius 1 is 1.39 bits per heavy atom. The largest absolute Gasteiger partial charge is 0.308 e. The lowest BCUT2D eigenvalue weighted by Crippen LogP contribution is -2.37. The van der Waals surface area contributed by atoms with Gasteiger partial charge >= 0.3 is 0 Å². The molecule has 18 heavy (non-hydrogen) atoms. The molecular weight excluding hydrogens is 242 g/mol. The molecule has 0 aliphatic carbocycles. The van der Waals surface area contributed by atoms with Gasteiger partial charge in [0.15, 0.2) is 4.96 Å². The van der Waals surface area contributed by atoms with E-state index in [1.54, 1.807) is 11.3 Å². The number of hydrogen-bond acceptors (Lipinski definition) is 3. The van der Waals surface area contributed by atoms with Crippen LogP contribution < -0.4 is 5.32 Å². The molecule has 0 bridgehead atoms. The van der Waals surface area contributed by atoms with Crippen LogP contribution in [-0.2, 0) is 6.54 Å². The summed E-state index contributed by atoms with van der Waals surface area (Å²) < 4.78 is 2.27. The second kappa shape index (κ2) is 4.67. The molecular formula is C14H23N3S. The summed E-state index contributed by atoms with van der Waals surface area (Å²) in [5.41, 5.74) is 3.98. The van der Waals surface area contributed by atoms with E-state index in [0.29, 0.717) is 6.04 Å². The SMILES string of the molecule is Cc1nc2scc(C)n2c1CNC(C)C(C)(C)C. The van der Waals surface area contributed by atoms with Gasteiger partial charge in [0.25, 0.3) is 0 Å². The van der Waals surface area contributed by atoms with E-state index in [4.69, 9.17) is 0 Å². The molecule has 0 aliphatic heterocycles. The summed E-state index contributed by atoms with van der Waals surface area (Å²) in [7, 11) is 0. The van der Waals surface area contributed by atoms with E-state index in [1.807, 2.05) is 0 Å². The van der Waals surface area contributed by atoms with Gasteiger partial charge in [-0.05, 0) is 26.2 Å². The number of rotatable bonds is 3. The molecule has 0 fully saturated rings. The number of hydrogen-bond donors (Lipinski definition) is 1. The van der Waals surface area contributed by atoms with Crippen molar-refractivity contribution in [3.63, 3.8) is 0 Å². The molecule has 2 rings (SSSR count). The van der Waals surface area contributed by atoms with E-state index in [9.17, 15) is 0 Å². The Morgan fingerprint density at radius 3 is 2.67 bits per heavy atom. The van der Waals surface area contributed by atoms with Crippen molar-refractivity contribution in [2.24, 2.45) is 5.41 Å². The molecule has 4 heteroatoms. The van der Waals surface area contributed by atoms with Crippen LogP contribution in [0.5, 0.6) is 0 Å². The molecule has 0 aliphatic rings. The highest BCUT2D eigenvalue weighted by atomic mass is 32.1. The number of nitrogens with zero attached hydrogens (tertiary/aromatic N) is 2. The van der Waals surface area contributed by atoms with E-state index < -0.39 is 0 Å². The van der Waals surface area contributed by atoms with Gasteiger partial charge in [-0.1, -0.05) is 20.8 Å². The number of fused-ring (bicyclic) bond motifs is 1. The van der Waals surface area contributed by atoms with Crippen LogP contribution in [0.4, 0.5) is 0 Å². The summed E-state index contributed by atoms with van der Waals surface area (Å²) >= 11 is 1.71. The molecule has 2 aromatic heterocycles. The molecule has 0 amide bonds. The monoisotopic (exact) mass is 265 g/mol. The maximum Gasteiger partial charge on any atom is 0.194 e. The van der Waals surface area contributed by atoms with Crippen molar-refractivity contribution in [2.45, 2.75) is 54.1 Å². The first-order chi connectivity index (χ1) is 8.30. The summed E-state index contributed by atoms with van der Waals surface area (Å²) in [6.07, 6.45) is 0. The van der Waals surface area contributed by atoms with Gasteiger partial charge < -0.3 is 5.32 Å². The van der Waals surface area contributed by atoms with Gasteiger partial charge in [-0.15, -0.1) is 11.3 Å². The molecule has 1 atom stereocenters. The number of nitrogens with one attached hydrogen (secondary N) is 1. The highest BCUT2D eigenvalue weighted by molar-refractivity contribution is 7.15. The summed E-state index contributed by atoms with van der Waals surface area (Å²) in [4.78, 5) is 5.72. The van der Waals surface area contributed by atoms with Crippen LogP contribution in [0.3, 0.4) is 0 Å². The molecule has 1 unspecified atom stereocenters. The normalized spacial score (nSPS) is 14.3. The quantitative estimate of drug-likeness (QED) is 0.920. The first-order valence-corrected chi connectivity index (χ1v) is 7.34. The molecule has 3 nitrogen and oxygen atoms in total. The fraction of sp³-hybridized carbons (Fsp3) is 0.643. The van der Waals surface area contributed by atoms with Gasteiger partial charge in [0.1, 0.15) is 0 Å². The van der Waals surface area contributed by atoms with Crippen LogP contribution in [-0.4, -0.2) is 15.4 Å². The maximum atomic E-state index is 4.62. The van der Waals surface area contributed by atoms with E-state index in [0.717, 1.165) is 17.2 Å². The third-order valence-electron chi connectivity index (χ3n) is 3.70. The molecule has 1 N–H and O–H groups in total. The summed E-state index contributed by atoms with van der Waals surface area (Å²) in [5, 5.41) is 5.78. The predicted molar refractivity (Wildman–Crippen MR) is 78.3 cm³/mol. The van der Waals surface area contributed by atoms with Crippen molar-refractivity contribution in [2.75, 3.05) is 0 Å². The van der Waals surface area contributed by atoms with Crippen LogP contribution >= 0.6 is 11.3 Å². The zero-order valence-corrected chi connectivity index (χ0v) is 13.0. The van der Waals surface area contributed by atoms with Gasteiger partial charge in [-0.2, -0.15) is 0 Å². The Kier molecular flexibility index (Phi) is 3.52. The number of aromatic nitrogens is 2. The smallest absolute Gasteiger partial charge is 0.194 e. The molecule has 100 valence electrons. The minimum atomic E-state index is 0.279. The molecule has 0 saturated heterocycles. The first-order valence-electron chi connectivity index (χ1n) is 6.46. The Morgan fingerprint density at radius 2 is 2.06 bits per heavy atom. The van der Waals surface area contributed by atoms with Crippen molar-refractivity contribution in [3.05, 3.63) is 22.5 Å². The topological polar surface area (TPSA) is 29.3 Å². The van der Waals surface area contributed by atoms with Crippen LogP contribution in [0.25, 0.3) is 4.96 Å². The molecule has 0 aromatic carbocycles. The van der Waals surface area contributed by atoms with Gasteiger partial charge in [0, 0.05) is 23.7 Å². The van der Waals surface area contributed by atoms with E-state index in [2.05, 4.69) is 61.6 Å². The van der Waals surface area contributed by atoms with Crippen molar-refractivity contribution in [1.29, 1.82) is 0 Å². The lowest BCUT2D eigenvalue weighted by molar-refractivity contribution is 0.284. The Bertz CT molecular complexity index is 545. The second-order valence-corrected chi connectivity index (χ2v) is 6.94.